The van der Waals surface area contributed by atoms with E-state index in [0.29, 0.717) is 6.04 Å². The molecule has 1 aromatic rings. The highest BCUT2D eigenvalue weighted by Crippen LogP contribution is 2.23. The van der Waals surface area contributed by atoms with Gasteiger partial charge in [0.05, 0.1) is 0 Å². The summed E-state index contributed by atoms with van der Waals surface area (Å²) in [6.45, 7) is 3.17. The van der Waals surface area contributed by atoms with Gasteiger partial charge in [-0.05, 0) is 53.7 Å². The number of halogens is 1. The molecule has 2 unspecified atom stereocenters. The molecule has 3 nitrogen and oxygen atoms in total. The first-order chi connectivity index (χ1) is 7.68. The first-order valence-corrected chi connectivity index (χ1v) is 7.13. The van der Waals surface area contributed by atoms with Gasteiger partial charge in [0.25, 0.3) is 5.91 Å². The van der Waals surface area contributed by atoms with Gasteiger partial charge in [0.1, 0.15) is 4.88 Å². The molecule has 1 aliphatic rings. The Morgan fingerprint density at radius 2 is 2.50 bits per heavy atom. The fraction of sp³-hybridized carbons (Fsp3) is 0.545. The lowest BCUT2D eigenvalue weighted by Crippen LogP contribution is -2.51. The molecule has 1 fully saturated rings. The maximum absolute atomic E-state index is 12.0. The van der Waals surface area contributed by atoms with Crippen LogP contribution in [-0.2, 0) is 0 Å². The van der Waals surface area contributed by atoms with Crippen molar-refractivity contribution in [3.05, 3.63) is 20.8 Å². The molecule has 1 saturated heterocycles. The fourth-order valence-electron chi connectivity index (χ4n) is 1.93. The van der Waals surface area contributed by atoms with E-state index in [1.165, 1.54) is 11.3 Å². The van der Waals surface area contributed by atoms with Gasteiger partial charge >= 0.3 is 0 Å². The molecule has 2 atom stereocenters. The van der Waals surface area contributed by atoms with Crippen LogP contribution in [0.25, 0.3) is 0 Å². The Balaban J connectivity index is 1.99. The van der Waals surface area contributed by atoms with Crippen LogP contribution in [0.15, 0.2) is 15.9 Å². The highest BCUT2D eigenvalue weighted by Gasteiger charge is 2.23. The van der Waals surface area contributed by atoms with Crippen LogP contribution in [0.1, 0.15) is 29.4 Å². The molecule has 0 spiro atoms. The zero-order valence-corrected chi connectivity index (χ0v) is 11.5. The summed E-state index contributed by atoms with van der Waals surface area (Å²) >= 11 is 4.85. The van der Waals surface area contributed by atoms with E-state index in [9.17, 15) is 4.79 Å². The van der Waals surface area contributed by atoms with E-state index in [1.807, 2.05) is 11.4 Å². The molecule has 1 aliphatic heterocycles. The molecule has 88 valence electrons. The molecule has 0 aromatic carbocycles. The van der Waals surface area contributed by atoms with Crippen LogP contribution in [-0.4, -0.2) is 24.5 Å². The highest BCUT2D eigenvalue weighted by molar-refractivity contribution is 9.10. The van der Waals surface area contributed by atoms with E-state index in [2.05, 4.69) is 33.5 Å². The minimum Gasteiger partial charge on any atom is -0.347 e. The van der Waals surface area contributed by atoms with Crippen LogP contribution in [0.5, 0.6) is 0 Å². The molecule has 0 saturated carbocycles. The maximum atomic E-state index is 12.0. The van der Waals surface area contributed by atoms with Crippen LogP contribution >= 0.6 is 27.3 Å². The van der Waals surface area contributed by atoms with Crippen molar-refractivity contribution in [1.82, 2.24) is 10.6 Å². The molecule has 5 heteroatoms. The third kappa shape index (κ3) is 2.64. The summed E-state index contributed by atoms with van der Waals surface area (Å²) in [5.41, 5.74) is 0. The average Bonchev–Trinajstić information content (AvgIpc) is 2.68. The standard InChI is InChI=1S/C11H15BrN2OS/c1-7-9(3-2-5-13-7)14-11(15)10-8(12)4-6-16-10/h4,6-7,9,13H,2-3,5H2,1H3,(H,14,15). The molecule has 2 rings (SSSR count). The minimum atomic E-state index is 0.0300. The zero-order chi connectivity index (χ0) is 11.5. The second kappa shape index (κ2) is 5.29. The predicted octanol–water partition coefficient (Wildman–Crippen LogP) is 2.38. The molecule has 0 aliphatic carbocycles. The second-order valence-electron chi connectivity index (χ2n) is 4.06. The molecule has 0 bridgehead atoms. The lowest BCUT2D eigenvalue weighted by atomic mass is 10.00. The van der Waals surface area contributed by atoms with Crippen molar-refractivity contribution in [1.29, 1.82) is 0 Å². The van der Waals surface area contributed by atoms with Gasteiger partial charge in [-0.3, -0.25) is 4.79 Å². The van der Waals surface area contributed by atoms with Gasteiger partial charge < -0.3 is 10.6 Å². The van der Waals surface area contributed by atoms with E-state index < -0.39 is 0 Å². The Hall–Kier alpha value is -0.390. The Kier molecular flexibility index (Phi) is 4.00. The Morgan fingerprint density at radius 1 is 1.69 bits per heavy atom. The van der Waals surface area contributed by atoms with Crippen LogP contribution in [0.4, 0.5) is 0 Å². The summed E-state index contributed by atoms with van der Waals surface area (Å²) in [5, 5.41) is 8.38. The van der Waals surface area contributed by atoms with Crippen LogP contribution < -0.4 is 10.6 Å². The minimum absolute atomic E-state index is 0.0300. The third-order valence-corrected chi connectivity index (χ3v) is 4.74. The molecular weight excluding hydrogens is 288 g/mol. The second-order valence-corrected chi connectivity index (χ2v) is 5.83. The lowest BCUT2D eigenvalue weighted by Gasteiger charge is -2.30. The van der Waals surface area contributed by atoms with Crippen molar-refractivity contribution >= 4 is 33.2 Å². The van der Waals surface area contributed by atoms with Crippen molar-refractivity contribution in [2.45, 2.75) is 31.8 Å². The number of carbonyl (C=O) groups excluding carboxylic acids is 1. The molecule has 0 radical (unpaired) electrons. The van der Waals surface area contributed by atoms with Gasteiger partial charge in [0.15, 0.2) is 0 Å². The Bertz CT molecular complexity index is 380. The number of hydrogen-bond donors (Lipinski definition) is 2. The van der Waals surface area contributed by atoms with Gasteiger partial charge in [-0.15, -0.1) is 11.3 Å². The number of hydrogen-bond acceptors (Lipinski definition) is 3. The van der Waals surface area contributed by atoms with Gasteiger partial charge in [0.2, 0.25) is 0 Å². The van der Waals surface area contributed by atoms with Gasteiger partial charge in [-0.25, -0.2) is 0 Å². The van der Waals surface area contributed by atoms with Crippen molar-refractivity contribution in [3.63, 3.8) is 0 Å². The molecule has 1 amide bonds. The normalized spacial score (nSPS) is 25.4. The number of rotatable bonds is 2. The number of carbonyl (C=O) groups is 1. The predicted molar refractivity (Wildman–Crippen MR) is 70.0 cm³/mol. The first-order valence-electron chi connectivity index (χ1n) is 5.45. The first kappa shape index (κ1) is 12.1. The maximum Gasteiger partial charge on any atom is 0.262 e. The quantitative estimate of drug-likeness (QED) is 0.881. The lowest BCUT2D eigenvalue weighted by molar-refractivity contribution is 0.0923. The van der Waals surface area contributed by atoms with Crippen LogP contribution in [0.2, 0.25) is 0 Å². The molecule has 1 aromatic heterocycles. The fourth-order valence-corrected chi connectivity index (χ4v) is 3.39. The summed E-state index contributed by atoms with van der Waals surface area (Å²) in [6.07, 6.45) is 2.18. The number of amides is 1. The molecular formula is C11H15BrN2OS. The summed E-state index contributed by atoms with van der Waals surface area (Å²) in [6, 6.07) is 2.51. The SMILES string of the molecule is CC1NCCCC1NC(=O)c1sccc1Br. The van der Waals surface area contributed by atoms with Crippen molar-refractivity contribution in [2.24, 2.45) is 0 Å². The van der Waals surface area contributed by atoms with E-state index in [-0.39, 0.29) is 11.9 Å². The Labute approximate surface area is 108 Å². The van der Waals surface area contributed by atoms with Crippen molar-refractivity contribution < 1.29 is 4.79 Å². The number of nitrogens with one attached hydrogen (secondary N) is 2. The smallest absolute Gasteiger partial charge is 0.262 e. The number of piperidine rings is 1. The van der Waals surface area contributed by atoms with Gasteiger partial charge in [0, 0.05) is 16.6 Å². The summed E-state index contributed by atoms with van der Waals surface area (Å²) in [4.78, 5) is 12.7. The zero-order valence-electron chi connectivity index (χ0n) is 9.13. The van der Waals surface area contributed by atoms with Gasteiger partial charge in [-0.1, -0.05) is 0 Å². The Morgan fingerprint density at radius 3 is 3.12 bits per heavy atom. The monoisotopic (exact) mass is 302 g/mol. The summed E-state index contributed by atoms with van der Waals surface area (Å²) < 4.78 is 0.881. The summed E-state index contributed by atoms with van der Waals surface area (Å²) in [5.74, 6) is 0.0300. The average molecular weight is 303 g/mol. The van der Waals surface area contributed by atoms with Crippen LogP contribution in [0, 0.1) is 0 Å². The van der Waals surface area contributed by atoms with E-state index >= 15 is 0 Å². The third-order valence-electron chi connectivity index (χ3n) is 2.90. The van der Waals surface area contributed by atoms with E-state index in [0.717, 1.165) is 28.7 Å². The van der Waals surface area contributed by atoms with Crippen LogP contribution in [0.3, 0.4) is 0 Å². The van der Waals surface area contributed by atoms with Crippen molar-refractivity contribution in [3.8, 4) is 0 Å². The largest absolute Gasteiger partial charge is 0.347 e. The molecule has 2 heterocycles. The number of thiophene rings is 1. The molecule has 2 N–H and O–H groups in total. The molecule has 16 heavy (non-hydrogen) atoms. The topological polar surface area (TPSA) is 41.1 Å². The van der Waals surface area contributed by atoms with E-state index in [1.54, 1.807) is 0 Å². The van der Waals surface area contributed by atoms with Crippen molar-refractivity contribution in [2.75, 3.05) is 6.54 Å². The highest BCUT2D eigenvalue weighted by atomic mass is 79.9. The van der Waals surface area contributed by atoms with E-state index in [4.69, 9.17) is 0 Å². The summed E-state index contributed by atoms with van der Waals surface area (Å²) in [7, 11) is 0. The van der Waals surface area contributed by atoms with Gasteiger partial charge in [-0.2, -0.15) is 0 Å².